The van der Waals surface area contributed by atoms with Crippen LogP contribution in [0.5, 0.6) is 0 Å². The summed E-state index contributed by atoms with van der Waals surface area (Å²) >= 11 is 0. The van der Waals surface area contributed by atoms with E-state index in [0.717, 1.165) is 37.3 Å². The Hall–Kier alpha value is -2.08. The number of halogens is 1. The fourth-order valence-electron chi connectivity index (χ4n) is 3.47. The van der Waals surface area contributed by atoms with Crippen molar-refractivity contribution >= 4 is 29.7 Å². The van der Waals surface area contributed by atoms with E-state index in [1.807, 2.05) is 54.6 Å². The number of carbonyl (C=O) groups excluding carboxylic acids is 1. The Morgan fingerprint density at radius 3 is 2.44 bits per heavy atom. The molecule has 2 aromatic carbocycles. The number of benzene rings is 2. The minimum absolute atomic E-state index is 0. The third-order valence-corrected chi connectivity index (χ3v) is 4.96. The molecule has 0 spiro atoms. The highest BCUT2D eigenvalue weighted by atomic mass is 35.5. The second kappa shape index (κ2) is 10.3. The van der Waals surface area contributed by atoms with Gasteiger partial charge in [0.2, 0.25) is 0 Å². The molecule has 3 N–H and O–H groups in total. The maximum Gasteiger partial charge on any atom is 0.253 e. The van der Waals surface area contributed by atoms with Crippen molar-refractivity contribution in [2.24, 2.45) is 5.41 Å². The number of anilines is 2. The Balaban J connectivity index is 0.00000261. The average Bonchev–Trinajstić information content (AvgIpc) is 2.68. The van der Waals surface area contributed by atoms with Gasteiger partial charge in [0.05, 0.1) is 17.9 Å². The van der Waals surface area contributed by atoms with Crippen molar-refractivity contribution in [1.82, 2.24) is 10.6 Å². The van der Waals surface area contributed by atoms with Crippen LogP contribution in [0.1, 0.15) is 23.2 Å². The average molecular weight is 390 g/mol. The Kier molecular flexibility index (Phi) is 8.10. The molecule has 1 aliphatic rings. The summed E-state index contributed by atoms with van der Waals surface area (Å²) < 4.78 is 5.43. The quantitative estimate of drug-likeness (QED) is 0.677. The standard InChI is InChI=1S/C21H27N3O2.ClH/c1-26-16-21(11-13-22-14-12-21)15-23-20(25)18-9-5-6-10-19(18)24-17-7-3-2-4-8-17;/h2-10,22,24H,11-16H2,1H3,(H,23,25);1H. The van der Waals surface area contributed by atoms with E-state index in [1.165, 1.54) is 0 Å². The molecule has 146 valence electrons. The molecular weight excluding hydrogens is 362 g/mol. The van der Waals surface area contributed by atoms with Gasteiger partial charge in [0, 0.05) is 24.8 Å². The number of nitrogens with one attached hydrogen (secondary N) is 3. The van der Waals surface area contributed by atoms with Gasteiger partial charge in [-0.1, -0.05) is 30.3 Å². The van der Waals surface area contributed by atoms with Crippen molar-refractivity contribution in [2.75, 3.05) is 38.7 Å². The van der Waals surface area contributed by atoms with E-state index in [9.17, 15) is 4.79 Å². The predicted molar refractivity (Wildman–Crippen MR) is 112 cm³/mol. The molecule has 0 radical (unpaired) electrons. The van der Waals surface area contributed by atoms with Crippen molar-refractivity contribution in [1.29, 1.82) is 0 Å². The first-order valence-electron chi connectivity index (χ1n) is 9.11. The van der Waals surface area contributed by atoms with Crippen LogP contribution in [0.25, 0.3) is 0 Å². The van der Waals surface area contributed by atoms with Gasteiger partial charge < -0.3 is 20.7 Å². The van der Waals surface area contributed by atoms with Crippen molar-refractivity contribution in [3.8, 4) is 0 Å². The number of carbonyl (C=O) groups is 1. The Labute approximate surface area is 167 Å². The normalized spacial score (nSPS) is 15.4. The largest absolute Gasteiger partial charge is 0.384 e. The fraction of sp³-hybridized carbons (Fsp3) is 0.381. The minimum atomic E-state index is -0.0574. The third-order valence-electron chi connectivity index (χ3n) is 4.96. The number of hydrogen-bond donors (Lipinski definition) is 3. The van der Waals surface area contributed by atoms with Crippen molar-refractivity contribution in [2.45, 2.75) is 12.8 Å². The number of amides is 1. The molecule has 3 rings (SSSR count). The SMILES string of the molecule is COCC1(CNC(=O)c2ccccc2Nc2ccccc2)CCNCC1.Cl. The summed E-state index contributed by atoms with van der Waals surface area (Å²) in [7, 11) is 1.73. The summed E-state index contributed by atoms with van der Waals surface area (Å²) in [5, 5.41) is 9.84. The van der Waals surface area contributed by atoms with E-state index < -0.39 is 0 Å². The molecule has 2 aromatic rings. The summed E-state index contributed by atoms with van der Waals surface area (Å²) in [4.78, 5) is 12.8. The summed E-state index contributed by atoms with van der Waals surface area (Å²) in [6.45, 7) is 3.22. The van der Waals surface area contributed by atoms with Gasteiger partial charge >= 0.3 is 0 Å². The minimum Gasteiger partial charge on any atom is -0.384 e. The molecule has 6 heteroatoms. The lowest BCUT2D eigenvalue weighted by Crippen LogP contribution is -2.47. The second-order valence-electron chi connectivity index (χ2n) is 6.90. The van der Waals surface area contributed by atoms with Gasteiger partial charge in [-0.2, -0.15) is 0 Å². The van der Waals surface area contributed by atoms with Crippen LogP contribution in [0, 0.1) is 5.41 Å². The zero-order valence-corrected chi connectivity index (χ0v) is 16.5. The molecule has 0 saturated carbocycles. The Morgan fingerprint density at radius 2 is 1.74 bits per heavy atom. The van der Waals surface area contributed by atoms with E-state index in [4.69, 9.17) is 4.74 Å². The molecule has 1 heterocycles. The van der Waals surface area contributed by atoms with Gasteiger partial charge in [0.25, 0.3) is 5.91 Å². The van der Waals surface area contributed by atoms with Gasteiger partial charge in [0.1, 0.15) is 0 Å². The van der Waals surface area contributed by atoms with Crippen LogP contribution in [-0.2, 0) is 4.74 Å². The molecule has 1 fully saturated rings. The van der Waals surface area contributed by atoms with Crippen LogP contribution < -0.4 is 16.0 Å². The number of hydrogen-bond acceptors (Lipinski definition) is 4. The van der Waals surface area contributed by atoms with Crippen LogP contribution in [0.4, 0.5) is 11.4 Å². The molecule has 1 aliphatic heterocycles. The lowest BCUT2D eigenvalue weighted by Gasteiger charge is -2.37. The van der Waals surface area contributed by atoms with Crippen molar-refractivity contribution in [3.05, 3.63) is 60.2 Å². The van der Waals surface area contributed by atoms with Gasteiger partial charge in [-0.3, -0.25) is 4.79 Å². The lowest BCUT2D eigenvalue weighted by molar-refractivity contribution is 0.0512. The van der Waals surface area contributed by atoms with E-state index in [-0.39, 0.29) is 23.7 Å². The first-order chi connectivity index (χ1) is 12.7. The van der Waals surface area contributed by atoms with Gasteiger partial charge in [0.15, 0.2) is 0 Å². The van der Waals surface area contributed by atoms with Crippen molar-refractivity contribution < 1.29 is 9.53 Å². The maximum absolute atomic E-state index is 12.8. The lowest BCUT2D eigenvalue weighted by atomic mass is 9.79. The van der Waals surface area contributed by atoms with Gasteiger partial charge in [-0.05, 0) is 50.2 Å². The predicted octanol–water partition coefficient (Wildman–Crippen LogP) is 3.60. The maximum atomic E-state index is 12.8. The molecule has 5 nitrogen and oxygen atoms in total. The van der Waals surface area contributed by atoms with Gasteiger partial charge in [-0.15, -0.1) is 12.4 Å². The second-order valence-corrected chi connectivity index (χ2v) is 6.90. The summed E-state index contributed by atoms with van der Waals surface area (Å²) in [6, 6.07) is 17.5. The molecule has 0 aliphatic carbocycles. The summed E-state index contributed by atoms with van der Waals surface area (Å²) in [6.07, 6.45) is 2.01. The van der Waals surface area contributed by atoms with Crippen LogP contribution in [0.2, 0.25) is 0 Å². The number of piperidine rings is 1. The Morgan fingerprint density at radius 1 is 1.07 bits per heavy atom. The molecule has 1 amide bonds. The highest BCUT2D eigenvalue weighted by Gasteiger charge is 2.32. The molecular formula is C21H28ClN3O2. The summed E-state index contributed by atoms with van der Waals surface area (Å²) in [5.74, 6) is -0.0574. The molecule has 0 atom stereocenters. The van der Waals surface area contributed by atoms with Crippen LogP contribution >= 0.6 is 12.4 Å². The first-order valence-corrected chi connectivity index (χ1v) is 9.11. The highest BCUT2D eigenvalue weighted by molar-refractivity contribution is 6.00. The zero-order chi connectivity index (χ0) is 18.2. The number of methoxy groups -OCH3 is 1. The van der Waals surface area contributed by atoms with Crippen LogP contribution in [0.15, 0.2) is 54.6 Å². The summed E-state index contributed by atoms with van der Waals surface area (Å²) in [5.41, 5.74) is 2.43. The van der Waals surface area contributed by atoms with Crippen molar-refractivity contribution in [3.63, 3.8) is 0 Å². The highest BCUT2D eigenvalue weighted by Crippen LogP contribution is 2.28. The molecule has 0 unspecified atom stereocenters. The van der Waals surface area contributed by atoms with E-state index in [2.05, 4.69) is 16.0 Å². The number of ether oxygens (including phenoxy) is 1. The van der Waals surface area contributed by atoms with Crippen LogP contribution in [-0.4, -0.2) is 39.3 Å². The van der Waals surface area contributed by atoms with E-state index >= 15 is 0 Å². The molecule has 1 saturated heterocycles. The van der Waals surface area contributed by atoms with E-state index in [0.29, 0.717) is 18.7 Å². The molecule has 27 heavy (non-hydrogen) atoms. The van der Waals surface area contributed by atoms with E-state index in [1.54, 1.807) is 7.11 Å². The monoisotopic (exact) mass is 389 g/mol. The molecule has 0 bridgehead atoms. The number of para-hydroxylation sites is 2. The fourth-order valence-corrected chi connectivity index (χ4v) is 3.47. The zero-order valence-electron chi connectivity index (χ0n) is 15.7. The molecule has 0 aromatic heterocycles. The topological polar surface area (TPSA) is 62.4 Å². The Bertz CT molecular complexity index is 713. The van der Waals surface area contributed by atoms with Gasteiger partial charge in [-0.25, -0.2) is 0 Å². The van der Waals surface area contributed by atoms with Crippen LogP contribution in [0.3, 0.4) is 0 Å². The third kappa shape index (κ3) is 5.70. The smallest absolute Gasteiger partial charge is 0.253 e. The number of rotatable bonds is 7. The first kappa shape index (κ1) is 21.2.